The van der Waals surface area contributed by atoms with Gasteiger partial charge in [-0.3, -0.25) is 4.68 Å². The van der Waals surface area contributed by atoms with Crippen molar-refractivity contribution in [1.29, 1.82) is 0 Å². The van der Waals surface area contributed by atoms with Crippen molar-refractivity contribution in [2.45, 2.75) is 16.9 Å². The van der Waals surface area contributed by atoms with Gasteiger partial charge in [-0.05, 0) is 6.07 Å². The fourth-order valence-electron chi connectivity index (χ4n) is 2.89. The molecule has 2 aromatic rings. The lowest BCUT2D eigenvalue weighted by molar-refractivity contribution is 0.0603. The van der Waals surface area contributed by atoms with Crippen LogP contribution in [0.2, 0.25) is 0 Å². The largest absolute Gasteiger partial charge is 0.493 e. The first-order valence-electron chi connectivity index (χ1n) is 6.51. The maximum atomic E-state index is 12.2. The van der Waals surface area contributed by atoms with E-state index in [0.717, 1.165) is 0 Å². The van der Waals surface area contributed by atoms with Gasteiger partial charge in [-0.25, -0.2) is 8.42 Å². The minimum absolute atomic E-state index is 0.0717. The molecule has 1 aliphatic rings. The molecule has 2 heterocycles. The summed E-state index contributed by atoms with van der Waals surface area (Å²) in [5, 5.41) is 15.3. The van der Waals surface area contributed by atoms with Crippen LogP contribution in [0.25, 0.3) is 0 Å². The van der Waals surface area contributed by atoms with Crippen LogP contribution in [0, 0.1) is 0 Å². The van der Waals surface area contributed by atoms with Gasteiger partial charge in [0.2, 0.25) is 0 Å². The zero-order valence-corrected chi connectivity index (χ0v) is 12.6. The summed E-state index contributed by atoms with van der Waals surface area (Å²) in [5.74, 6) is 0.323. The number of aromatic nitrogens is 2. The summed E-state index contributed by atoms with van der Waals surface area (Å²) in [6.07, 6.45) is 1.58. The van der Waals surface area contributed by atoms with Gasteiger partial charge in [-0.1, -0.05) is 18.2 Å². The number of nitrogens with zero attached hydrogens (tertiary/aromatic N) is 2. The average Bonchev–Trinajstić information content (AvgIpc) is 2.85. The molecule has 1 unspecified atom stereocenters. The first-order valence-corrected chi connectivity index (χ1v) is 8.16. The number of hydrogen-bond donors (Lipinski definition) is 1. The zero-order chi connectivity index (χ0) is 15.3. The molecule has 0 amide bonds. The molecule has 1 atom stereocenters. The maximum absolute atomic E-state index is 12.2. The quantitative estimate of drug-likeness (QED) is 0.889. The third-order valence-corrected chi connectivity index (χ3v) is 5.68. The van der Waals surface area contributed by atoms with E-state index in [2.05, 4.69) is 5.10 Å². The van der Waals surface area contributed by atoms with Crippen LogP contribution in [0.3, 0.4) is 0 Å². The number of aliphatic hydroxyl groups is 1. The topological polar surface area (TPSA) is 81.4 Å². The number of methoxy groups -OCH3 is 1. The molecule has 7 heteroatoms. The number of sulfone groups is 1. The van der Waals surface area contributed by atoms with Gasteiger partial charge < -0.3 is 9.84 Å². The minimum Gasteiger partial charge on any atom is -0.493 e. The maximum Gasteiger partial charge on any atom is 0.178 e. The lowest BCUT2D eigenvalue weighted by atomic mass is 9.87. The number of benzene rings is 1. The fraction of sp³-hybridized carbons (Fsp3) is 0.357. The van der Waals surface area contributed by atoms with Gasteiger partial charge in [0.25, 0.3) is 0 Å². The van der Waals surface area contributed by atoms with Crippen LogP contribution in [-0.4, -0.2) is 36.2 Å². The van der Waals surface area contributed by atoms with Crippen molar-refractivity contribution in [1.82, 2.24) is 9.78 Å². The van der Waals surface area contributed by atoms with Gasteiger partial charge in [0.1, 0.15) is 11.3 Å². The average molecular weight is 308 g/mol. The molecule has 0 bridgehead atoms. The molecule has 0 radical (unpaired) electrons. The van der Waals surface area contributed by atoms with E-state index in [1.165, 1.54) is 24.1 Å². The smallest absolute Gasteiger partial charge is 0.178 e. The van der Waals surface area contributed by atoms with E-state index >= 15 is 0 Å². The van der Waals surface area contributed by atoms with Crippen molar-refractivity contribution >= 4 is 9.84 Å². The van der Waals surface area contributed by atoms with Gasteiger partial charge in [0, 0.05) is 19.0 Å². The highest BCUT2D eigenvalue weighted by atomic mass is 32.2. The molecular weight excluding hydrogens is 292 g/mol. The normalized spacial score (nSPS) is 23.6. The molecule has 1 aromatic carbocycles. The number of ether oxygens (including phenoxy) is 1. The van der Waals surface area contributed by atoms with Gasteiger partial charge >= 0.3 is 0 Å². The minimum atomic E-state index is -3.37. The molecule has 21 heavy (non-hydrogen) atoms. The second-order valence-corrected chi connectivity index (χ2v) is 7.19. The molecule has 1 aliphatic heterocycles. The van der Waals surface area contributed by atoms with Gasteiger partial charge in [-0.2, -0.15) is 5.10 Å². The van der Waals surface area contributed by atoms with Crippen molar-refractivity contribution in [2.75, 3.05) is 12.9 Å². The predicted octanol–water partition coefficient (Wildman–Crippen LogP) is 0.842. The molecule has 112 valence electrons. The zero-order valence-electron chi connectivity index (χ0n) is 11.8. The third-order valence-electron chi connectivity index (χ3n) is 3.92. The molecule has 1 aromatic heterocycles. The number of hydrogen-bond acceptors (Lipinski definition) is 5. The summed E-state index contributed by atoms with van der Waals surface area (Å²) in [4.78, 5) is 0.169. The van der Waals surface area contributed by atoms with E-state index < -0.39 is 15.4 Å². The Bertz CT molecular complexity index is 797. The second-order valence-electron chi connectivity index (χ2n) is 5.11. The first-order chi connectivity index (χ1) is 9.90. The van der Waals surface area contributed by atoms with Crippen molar-refractivity contribution in [3.8, 4) is 5.75 Å². The van der Waals surface area contributed by atoms with Crippen LogP contribution in [0.5, 0.6) is 5.75 Å². The standard InChI is InChI=1S/C14H16N2O4S/c1-16-13(11(20-2)9-15-16)14(17)7-8-21(18,19)12-6-4-3-5-10(12)14/h3-6,9,17H,7-8H2,1-2H3. The monoisotopic (exact) mass is 308 g/mol. The van der Waals surface area contributed by atoms with Gasteiger partial charge in [0.15, 0.2) is 15.6 Å². The molecule has 3 rings (SSSR count). The van der Waals surface area contributed by atoms with Crippen LogP contribution in [0.1, 0.15) is 17.7 Å². The Hall–Kier alpha value is -1.86. The summed E-state index contributed by atoms with van der Waals surface area (Å²) >= 11 is 0. The Morgan fingerprint density at radius 2 is 2.10 bits per heavy atom. The van der Waals surface area contributed by atoms with Crippen molar-refractivity contribution in [3.05, 3.63) is 41.7 Å². The van der Waals surface area contributed by atoms with Gasteiger partial charge in [-0.15, -0.1) is 0 Å². The molecular formula is C14H16N2O4S. The van der Waals surface area contributed by atoms with E-state index in [1.54, 1.807) is 25.2 Å². The van der Waals surface area contributed by atoms with E-state index in [1.807, 2.05) is 0 Å². The van der Waals surface area contributed by atoms with Crippen molar-refractivity contribution in [2.24, 2.45) is 7.05 Å². The molecule has 0 saturated heterocycles. The van der Waals surface area contributed by atoms with Gasteiger partial charge in [0.05, 0.1) is 24.0 Å². The van der Waals surface area contributed by atoms with Crippen LogP contribution < -0.4 is 4.74 Å². The second kappa shape index (κ2) is 4.57. The number of aryl methyl sites for hydroxylation is 1. The Balaban J connectivity index is 2.30. The summed E-state index contributed by atoms with van der Waals surface area (Å²) in [6.45, 7) is 0. The molecule has 0 fully saturated rings. The summed E-state index contributed by atoms with van der Waals surface area (Å²) in [6, 6.07) is 6.53. The summed E-state index contributed by atoms with van der Waals surface area (Å²) < 4.78 is 31.2. The lowest BCUT2D eigenvalue weighted by Gasteiger charge is -2.34. The van der Waals surface area contributed by atoms with Crippen LogP contribution in [0.15, 0.2) is 35.4 Å². The highest BCUT2D eigenvalue weighted by Crippen LogP contribution is 2.44. The van der Waals surface area contributed by atoms with Crippen molar-refractivity contribution < 1.29 is 18.3 Å². The van der Waals surface area contributed by atoms with E-state index in [4.69, 9.17) is 4.74 Å². The summed E-state index contributed by atoms with van der Waals surface area (Å²) in [5.41, 5.74) is -0.594. The molecule has 0 spiro atoms. The highest BCUT2D eigenvalue weighted by molar-refractivity contribution is 7.91. The molecule has 6 nitrogen and oxygen atoms in total. The predicted molar refractivity (Wildman–Crippen MR) is 75.9 cm³/mol. The Labute approximate surface area is 122 Å². The van der Waals surface area contributed by atoms with E-state index in [9.17, 15) is 13.5 Å². The number of fused-ring (bicyclic) bond motifs is 1. The van der Waals surface area contributed by atoms with Crippen LogP contribution in [-0.2, 0) is 22.5 Å². The first kappa shape index (κ1) is 14.1. The van der Waals surface area contributed by atoms with Crippen molar-refractivity contribution in [3.63, 3.8) is 0 Å². The van der Waals surface area contributed by atoms with E-state index in [-0.39, 0.29) is 17.1 Å². The molecule has 0 saturated carbocycles. The van der Waals surface area contributed by atoms with Crippen LogP contribution >= 0.6 is 0 Å². The van der Waals surface area contributed by atoms with Crippen LogP contribution in [0.4, 0.5) is 0 Å². The molecule has 1 N–H and O–H groups in total. The third kappa shape index (κ3) is 1.96. The molecule has 0 aliphatic carbocycles. The fourth-order valence-corrected chi connectivity index (χ4v) is 4.53. The Kier molecular flexibility index (Phi) is 3.07. The Morgan fingerprint density at radius 1 is 1.38 bits per heavy atom. The lowest BCUT2D eigenvalue weighted by Crippen LogP contribution is -2.38. The number of rotatable bonds is 2. The SMILES string of the molecule is COc1cnn(C)c1C1(O)CCS(=O)(=O)c2ccccc21. The van der Waals surface area contributed by atoms with E-state index in [0.29, 0.717) is 17.0 Å². The summed E-state index contributed by atoms with van der Waals surface area (Å²) in [7, 11) is -0.176. The Morgan fingerprint density at radius 3 is 2.81 bits per heavy atom. The highest BCUT2D eigenvalue weighted by Gasteiger charge is 2.45.